The van der Waals surface area contributed by atoms with Crippen LogP contribution in [0.3, 0.4) is 0 Å². The first-order valence-corrected chi connectivity index (χ1v) is 8.25. The molecule has 0 aromatic carbocycles. The third kappa shape index (κ3) is 6.56. The topological polar surface area (TPSA) is 136 Å². The summed E-state index contributed by atoms with van der Waals surface area (Å²) in [6.07, 6.45) is 5.41. The van der Waals surface area contributed by atoms with Gasteiger partial charge in [-0.15, -0.1) is 0 Å². The molecule has 0 saturated carbocycles. The number of nitrogens with zero attached hydrogens (tertiary/aromatic N) is 4. The van der Waals surface area contributed by atoms with Crippen molar-refractivity contribution in [2.75, 3.05) is 20.7 Å². The minimum atomic E-state index is -0.317. The first-order chi connectivity index (χ1) is 13.3. The summed E-state index contributed by atoms with van der Waals surface area (Å²) >= 11 is 0. The van der Waals surface area contributed by atoms with E-state index in [1.807, 2.05) is 6.92 Å². The van der Waals surface area contributed by atoms with E-state index in [0.717, 1.165) is 0 Å². The van der Waals surface area contributed by atoms with E-state index in [1.54, 1.807) is 0 Å². The molecule has 148 valence electrons. The van der Waals surface area contributed by atoms with Gasteiger partial charge in [0.1, 0.15) is 28.5 Å². The molecule has 2 heterocycles. The molecule has 2 aromatic rings. The zero-order valence-corrected chi connectivity index (χ0v) is 16.1. The van der Waals surface area contributed by atoms with Gasteiger partial charge in [0, 0.05) is 21.0 Å². The number of hydrogen-bond donors (Lipinski definition) is 2. The van der Waals surface area contributed by atoms with Crippen molar-refractivity contribution in [2.24, 2.45) is 0 Å². The number of Topliss-reactive ketones (excluding diaryl/α,β-unsaturated/α-hetero) is 1. The fourth-order valence-electron chi connectivity index (χ4n) is 1.72. The van der Waals surface area contributed by atoms with E-state index in [2.05, 4.69) is 37.1 Å². The predicted molar refractivity (Wildman–Crippen MR) is 102 cm³/mol. The molecule has 2 N–H and O–H groups in total. The highest BCUT2D eigenvalue weighted by atomic mass is 16.5. The molecular weight excluding hydrogens is 364 g/mol. The molecule has 2 aromatic heterocycles. The Morgan fingerprint density at radius 1 is 0.857 bits per heavy atom. The fourth-order valence-corrected chi connectivity index (χ4v) is 1.72. The van der Waals surface area contributed by atoms with E-state index < -0.39 is 0 Å². The summed E-state index contributed by atoms with van der Waals surface area (Å²) in [6.45, 7) is 7.46. The smallest absolute Gasteiger partial charge is 0.271 e. The first kappa shape index (κ1) is 22.4. The number of amides is 2. The number of carbonyl (C=O) groups is 3. The molecule has 0 atom stereocenters. The van der Waals surface area contributed by atoms with Gasteiger partial charge in [0.25, 0.3) is 11.8 Å². The van der Waals surface area contributed by atoms with Crippen LogP contribution in [0.5, 0.6) is 0 Å². The van der Waals surface area contributed by atoms with Crippen molar-refractivity contribution < 1.29 is 19.1 Å². The van der Waals surface area contributed by atoms with Crippen molar-refractivity contribution in [1.82, 2.24) is 30.6 Å². The van der Waals surface area contributed by atoms with Crippen LogP contribution in [0.1, 0.15) is 51.0 Å². The highest BCUT2D eigenvalue weighted by molar-refractivity contribution is 5.94. The van der Waals surface area contributed by atoms with E-state index in [9.17, 15) is 14.4 Å². The molecule has 0 aliphatic carbocycles. The number of rotatable bonds is 6. The number of ketones is 1. The summed E-state index contributed by atoms with van der Waals surface area (Å²) in [5.41, 5.74) is 1.26. The molecule has 0 unspecified atom stereocenters. The van der Waals surface area contributed by atoms with Gasteiger partial charge in [-0.1, -0.05) is 6.58 Å². The van der Waals surface area contributed by atoms with Crippen LogP contribution in [-0.2, 0) is 4.74 Å². The second kappa shape index (κ2) is 11.1. The largest absolute Gasteiger partial charge is 0.492 e. The van der Waals surface area contributed by atoms with Gasteiger partial charge in [0.15, 0.2) is 5.78 Å². The van der Waals surface area contributed by atoms with Crippen molar-refractivity contribution in [3.63, 3.8) is 0 Å². The molecule has 10 nitrogen and oxygen atoms in total. The summed E-state index contributed by atoms with van der Waals surface area (Å²) < 4.78 is 5.16. The van der Waals surface area contributed by atoms with Gasteiger partial charge in [0.05, 0.1) is 31.4 Å². The lowest BCUT2D eigenvalue weighted by Crippen LogP contribution is -2.19. The molecule has 0 aliphatic rings. The van der Waals surface area contributed by atoms with Crippen molar-refractivity contribution in [2.45, 2.75) is 13.8 Å². The van der Waals surface area contributed by atoms with Gasteiger partial charge in [-0.25, -0.2) is 19.9 Å². The van der Waals surface area contributed by atoms with Crippen LogP contribution in [-0.4, -0.2) is 58.2 Å². The maximum absolute atomic E-state index is 11.2. The standard InChI is InChI=1S/C10H13N3O2.C8H9N3O2/c1-4-15-7(2)8-5-13-9(6-12-8)10(14)11-3;1-5(12)6-3-11-7(4-10-6)8(13)9-2/h5-6H,2,4H2,1,3H3,(H,11,14);3-4H,1-2H3,(H,9,13). The number of hydrogen-bond acceptors (Lipinski definition) is 8. The van der Waals surface area contributed by atoms with Gasteiger partial charge >= 0.3 is 0 Å². The SMILES string of the molecule is C=C(OCC)c1cnc(C(=O)NC)cn1.CNC(=O)c1cnc(C(C)=O)cn1. The second-order valence-corrected chi connectivity index (χ2v) is 5.14. The van der Waals surface area contributed by atoms with E-state index >= 15 is 0 Å². The summed E-state index contributed by atoms with van der Waals surface area (Å²) in [5.74, 6) is -0.303. The highest BCUT2D eigenvalue weighted by Gasteiger charge is 2.07. The lowest BCUT2D eigenvalue weighted by Gasteiger charge is -2.05. The quantitative estimate of drug-likeness (QED) is 0.551. The zero-order chi connectivity index (χ0) is 21.1. The number of nitrogens with one attached hydrogen (secondary N) is 2. The number of carbonyl (C=O) groups excluding carboxylic acids is 3. The lowest BCUT2D eigenvalue weighted by atomic mass is 10.3. The van der Waals surface area contributed by atoms with Crippen LogP contribution in [0.4, 0.5) is 0 Å². The Labute approximate surface area is 162 Å². The molecule has 0 radical (unpaired) electrons. The Hall–Kier alpha value is -3.69. The Kier molecular flexibility index (Phi) is 8.87. The van der Waals surface area contributed by atoms with E-state index in [0.29, 0.717) is 18.1 Å². The number of ether oxygens (including phenoxy) is 1. The zero-order valence-electron chi connectivity index (χ0n) is 16.1. The van der Waals surface area contributed by atoms with E-state index in [1.165, 1.54) is 45.8 Å². The average molecular weight is 386 g/mol. The summed E-state index contributed by atoms with van der Waals surface area (Å²) in [6, 6.07) is 0. The van der Waals surface area contributed by atoms with Crippen LogP contribution >= 0.6 is 0 Å². The van der Waals surface area contributed by atoms with Crippen molar-refractivity contribution in [1.29, 1.82) is 0 Å². The van der Waals surface area contributed by atoms with Gasteiger partial charge < -0.3 is 15.4 Å². The van der Waals surface area contributed by atoms with E-state index in [4.69, 9.17) is 4.74 Å². The minimum absolute atomic E-state index is 0.170. The van der Waals surface area contributed by atoms with Crippen molar-refractivity contribution >= 4 is 23.4 Å². The van der Waals surface area contributed by atoms with Gasteiger partial charge in [-0.3, -0.25) is 14.4 Å². The minimum Gasteiger partial charge on any atom is -0.492 e. The Morgan fingerprint density at radius 2 is 1.25 bits per heavy atom. The van der Waals surface area contributed by atoms with Gasteiger partial charge in [-0.2, -0.15) is 0 Å². The van der Waals surface area contributed by atoms with Gasteiger partial charge in [0.2, 0.25) is 0 Å². The molecule has 0 fully saturated rings. The normalized spacial score (nSPS) is 9.43. The lowest BCUT2D eigenvalue weighted by molar-refractivity contribution is 0.0949. The average Bonchev–Trinajstić information content (AvgIpc) is 2.73. The predicted octanol–water partition coefficient (Wildman–Crippen LogP) is 0.882. The molecular formula is C18H22N6O4. The molecule has 0 bridgehead atoms. The highest BCUT2D eigenvalue weighted by Crippen LogP contribution is 2.09. The first-order valence-electron chi connectivity index (χ1n) is 8.25. The van der Waals surface area contributed by atoms with Gasteiger partial charge in [-0.05, 0) is 6.92 Å². The van der Waals surface area contributed by atoms with Crippen molar-refractivity contribution in [3.8, 4) is 0 Å². The van der Waals surface area contributed by atoms with Crippen LogP contribution < -0.4 is 10.6 Å². The summed E-state index contributed by atoms with van der Waals surface area (Å²) in [5, 5.41) is 4.86. The van der Waals surface area contributed by atoms with Crippen LogP contribution in [0.2, 0.25) is 0 Å². The second-order valence-electron chi connectivity index (χ2n) is 5.14. The molecule has 0 spiro atoms. The van der Waals surface area contributed by atoms with Crippen LogP contribution in [0.15, 0.2) is 31.4 Å². The van der Waals surface area contributed by atoms with Crippen LogP contribution in [0.25, 0.3) is 5.76 Å². The molecule has 0 aliphatic heterocycles. The molecule has 0 saturated heterocycles. The Balaban J connectivity index is 0.000000283. The maximum atomic E-state index is 11.2. The molecule has 28 heavy (non-hydrogen) atoms. The fraction of sp³-hybridized carbons (Fsp3) is 0.278. The summed E-state index contributed by atoms with van der Waals surface area (Å²) in [4.78, 5) is 48.4. The van der Waals surface area contributed by atoms with E-state index in [-0.39, 0.29) is 34.7 Å². The number of aromatic nitrogens is 4. The third-order valence-corrected chi connectivity index (χ3v) is 3.19. The third-order valence-electron chi connectivity index (χ3n) is 3.19. The molecule has 2 amide bonds. The Morgan fingerprint density at radius 3 is 1.57 bits per heavy atom. The maximum Gasteiger partial charge on any atom is 0.271 e. The molecule has 2 rings (SSSR count). The van der Waals surface area contributed by atoms with Crippen LogP contribution in [0, 0.1) is 0 Å². The molecule has 10 heteroatoms. The monoisotopic (exact) mass is 386 g/mol. The Bertz CT molecular complexity index is 834. The summed E-state index contributed by atoms with van der Waals surface area (Å²) in [7, 11) is 3.04. The van der Waals surface area contributed by atoms with Crippen molar-refractivity contribution in [3.05, 3.63) is 54.1 Å².